The van der Waals surface area contributed by atoms with Gasteiger partial charge in [0, 0.05) is 36.5 Å². The van der Waals surface area contributed by atoms with Crippen LogP contribution in [0.2, 0.25) is 0 Å². The number of likely N-dealkylation sites (N-methyl/N-ethyl adjacent to an activating group) is 1. The second kappa shape index (κ2) is 15.3. The number of amides is 2. The minimum atomic E-state index is -0.878. The Balaban J connectivity index is 0.00000541. The molecule has 4 aromatic heterocycles. The molecule has 0 aliphatic rings. The molecule has 0 unspecified atom stereocenters. The Hall–Kier alpha value is -5.88. The Morgan fingerprint density at radius 1 is 1.14 bits per heavy atom. The standard InChI is InChI=1S/C31H30FN11O5.BrH/c1-41-24(30(42(46)47)40-31(41)28(33)45)16-43(2,3)12-6-8-27(44)39-26-14-21-23(15-35-26)36-18-37-29(21)38-19-9-10-25(22(32)13-19)48-17-20-7-4-5-11-34-20;/h4-11,13-15,18H,12,16-17H2,1-3H3,(H3-,33,35,36,37,38,39,40,44,45);1H/b8-6+;. The lowest BCUT2D eigenvalue weighted by atomic mass is 10.2. The average Bonchev–Trinajstić information content (AvgIpc) is 3.36. The summed E-state index contributed by atoms with van der Waals surface area (Å²) < 4.78 is 21.9. The summed E-state index contributed by atoms with van der Waals surface area (Å²) in [5, 5.41) is 17.8. The molecule has 0 bridgehead atoms. The molecule has 5 rings (SSSR count). The molecule has 4 heterocycles. The molecule has 0 fully saturated rings. The molecular weight excluding hydrogens is 705 g/mol. The largest absolute Gasteiger partial charge is 1.00 e. The quantitative estimate of drug-likeness (QED) is 0.0653. The number of pyridine rings is 2. The van der Waals surface area contributed by atoms with Gasteiger partial charge in [-0.25, -0.2) is 19.3 Å². The van der Waals surface area contributed by atoms with Gasteiger partial charge in [0.05, 0.1) is 38.0 Å². The minimum Gasteiger partial charge on any atom is -1.00 e. The van der Waals surface area contributed by atoms with Gasteiger partial charge in [0.25, 0.3) is 0 Å². The lowest BCUT2D eigenvalue weighted by molar-refractivity contribution is -0.898. The first-order valence-corrected chi connectivity index (χ1v) is 14.4. The monoisotopic (exact) mass is 735 g/mol. The number of fused-ring (bicyclic) bond motifs is 1. The molecule has 4 N–H and O–H groups in total. The molecule has 0 radical (unpaired) electrons. The van der Waals surface area contributed by atoms with E-state index < -0.39 is 28.4 Å². The molecule has 0 spiro atoms. The van der Waals surface area contributed by atoms with Crippen molar-refractivity contribution in [1.82, 2.24) is 29.5 Å². The summed E-state index contributed by atoms with van der Waals surface area (Å²) in [6.07, 6.45) is 7.37. The number of anilines is 3. The zero-order valence-electron chi connectivity index (χ0n) is 26.5. The Morgan fingerprint density at radius 2 is 1.94 bits per heavy atom. The Bertz CT molecular complexity index is 2040. The van der Waals surface area contributed by atoms with Gasteiger partial charge in [-0.15, -0.1) is 0 Å². The first kappa shape index (κ1) is 36.0. The molecule has 254 valence electrons. The maximum Gasteiger partial charge on any atom is 0.391 e. The summed E-state index contributed by atoms with van der Waals surface area (Å²) in [7, 11) is 5.09. The van der Waals surface area contributed by atoms with E-state index in [1.807, 2.05) is 6.07 Å². The Morgan fingerprint density at radius 3 is 2.63 bits per heavy atom. The van der Waals surface area contributed by atoms with Crippen molar-refractivity contribution in [3.8, 4) is 5.75 Å². The fourth-order valence-corrected chi connectivity index (χ4v) is 4.74. The molecular formula is C31H31BrFN11O5. The van der Waals surface area contributed by atoms with Crippen LogP contribution in [0, 0.1) is 15.9 Å². The van der Waals surface area contributed by atoms with Crippen molar-refractivity contribution in [1.29, 1.82) is 0 Å². The van der Waals surface area contributed by atoms with Crippen molar-refractivity contribution in [3.63, 3.8) is 0 Å². The molecule has 2 amide bonds. The number of rotatable bonds is 13. The topological polar surface area (TPSA) is 206 Å². The highest BCUT2D eigenvalue weighted by Crippen LogP contribution is 2.28. The lowest BCUT2D eigenvalue weighted by Crippen LogP contribution is -3.00. The molecule has 0 saturated heterocycles. The zero-order chi connectivity index (χ0) is 34.4. The number of nitro groups is 1. The van der Waals surface area contributed by atoms with E-state index in [2.05, 4.69) is 35.6 Å². The van der Waals surface area contributed by atoms with Gasteiger partial charge in [0.15, 0.2) is 17.3 Å². The van der Waals surface area contributed by atoms with Crippen LogP contribution in [0.3, 0.4) is 0 Å². The van der Waals surface area contributed by atoms with Crippen molar-refractivity contribution in [2.24, 2.45) is 12.8 Å². The zero-order valence-corrected chi connectivity index (χ0v) is 28.1. The number of ether oxygens (including phenoxy) is 1. The summed E-state index contributed by atoms with van der Waals surface area (Å²) >= 11 is 0. The molecule has 1 aromatic carbocycles. The average molecular weight is 737 g/mol. The molecule has 0 atom stereocenters. The van der Waals surface area contributed by atoms with E-state index >= 15 is 0 Å². The predicted octanol–water partition coefficient (Wildman–Crippen LogP) is 0.397. The number of nitrogens with two attached hydrogens (primary N) is 1. The summed E-state index contributed by atoms with van der Waals surface area (Å²) in [5.74, 6) is -1.95. The summed E-state index contributed by atoms with van der Waals surface area (Å²) in [4.78, 5) is 55.9. The van der Waals surface area contributed by atoms with E-state index in [0.29, 0.717) is 34.6 Å². The number of imidazole rings is 1. The first-order valence-electron chi connectivity index (χ1n) is 14.4. The fourth-order valence-electron chi connectivity index (χ4n) is 4.74. The number of hydrogen-bond acceptors (Lipinski definition) is 11. The van der Waals surface area contributed by atoms with Crippen LogP contribution in [0.25, 0.3) is 10.9 Å². The highest BCUT2D eigenvalue weighted by atomic mass is 79.9. The molecule has 0 saturated carbocycles. The fraction of sp³-hybridized carbons (Fsp3) is 0.194. The summed E-state index contributed by atoms with van der Waals surface area (Å²) in [6.45, 7) is 0.550. The van der Waals surface area contributed by atoms with Gasteiger partial charge in [-0.1, -0.05) is 6.07 Å². The first-order chi connectivity index (χ1) is 22.9. The normalized spacial score (nSPS) is 11.3. The van der Waals surface area contributed by atoms with E-state index in [4.69, 9.17) is 10.5 Å². The van der Waals surface area contributed by atoms with Crippen molar-refractivity contribution >= 4 is 45.9 Å². The number of hydrogen-bond donors (Lipinski definition) is 3. The lowest BCUT2D eigenvalue weighted by Gasteiger charge is -2.28. The van der Waals surface area contributed by atoms with E-state index in [-0.39, 0.29) is 57.7 Å². The number of nitrogens with zero attached hydrogens (tertiary/aromatic N) is 8. The van der Waals surface area contributed by atoms with Gasteiger partial charge in [-0.05, 0) is 46.3 Å². The number of halogens is 2. The van der Waals surface area contributed by atoms with Crippen molar-refractivity contribution < 1.29 is 45.1 Å². The molecule has 0 aliphatic carbocycles. The van der Waals surface area contributed by atoms with Crippen molar-refractivity contribution in [2.75, 3.05) is 31.3 Å². The number of carbonyl (C=O) groups excluding carboxylic acids is 2. The van der Waals surface area contributed by atoms with Crippen LogP contribution in [0.4, 0.5) is 27.5 Å². The predicted molar refractivity (Wildman–Crippen MR) is 172 cm³/mol. The maximum atomic E-state index is 14.8. The highest BCUT2D eigenvalue weighted by Gasteiger charge is 2.32. The minimum absolute atomic E-state index is 0. The number of carbonyl (C=O) groups is 2. The number of quaternary nitrogens is 1. The molecule has 16 nitrogen and oxygen atoms in total. The van der Waals surface area contributed by atoms with Crippen molar-refractivity contribution in [3.05, 3.63) is 106 Å². The van der Waals surface area contributed by atoms with Crippen LogP contribution >= 0.6 is 0 Å². The van der Waals surface area contributed by atoms with E-state index in [0.717, 1.165) is 0 Å². The van der Waals surface area contributed by atoms with E-state index in [1.165, 1.54) is 42.3 Å². The van der Waals surface area contributed by atoms with Crippen LogP contribution in [0.15, 0.2) is 73.3 Å². The van der Waals surface area contributed by atoms with Crippen LogP contribution in [0.1, 0.15) is 22.0 Å². The number of benzene rings is 1. The summed E-state index contributed by atoms with van der Waals surface area (Å²) in [6, 6.07) is 11.4. The van der Waals surface area contributed by atoms with Crippen LogP contribution < -0.4 is 38.1 Å². The number of aromatic nitrogens is 6. The molecule has 0 aliphatic heterocycles. The summed E-state index contributed by atoms with van der Waals surface area (Å²) in [5.41, 5.74) is 7.08. The maximum absolute atomic E-state index is 14.8. The molecule has 5 aromatic rings. The van der Waals surface area contributed by atoms with Gasteiger partial charge < -0.3 is 52.7 Å². The third-order valence-electron chi connectivity index (χ3n) is 7.10. The number of nitrogens with one attached hydrogen (secondary N) is 2. The second-order valence-electron chi connectivity index (χ2n) is 11.2. The Labute approximate surface area is 289 Å². The molecule has 49 heavy (non-hydrogen) atoms. The highest BCUT2D eigenvalue weighted by molar-refractivity contribution is 6.00. The number of primary amides is 1. The van der Waals surface area contributed by atoms with E-state index in [9.17, 15) is 24.1 Å². The van der Waals surface area contributed by atoms with Gasteiger partial charge in [-0.2, -0.15) is 0 Å². The van der Waals surface area contributed by atoms with Gasteiger partial charge >= 0.3 is 17.5 Å². The Kier molecular flexibility index (Phi) is 11.3. The second-order valence-corrected chi connectivity index (χ2v) is 11.2. The molecule has 18 heteroatoms. The smallest absolute Gasteiger partial charge is 0.391 e. The third-order valence-corrected chi connectivity index (χ3v) is 7.10. The third kappa shape index (κ3) is 8.93. The SMILES string of the molecule is Cn1c(C(N)=O)nc([N+](=O)[O-])c1C[N+](C)(C)C/C=C/C(=O)Nc1cc2c(Nc3ccc(OCc4ccccn4)c(F)c3)ncnc2cn1.[Br-]. The van der Waals surface area contributed by atoms with Gasteiger partial charge in [0.1, 0.15) is 31.1 Å². The van der Waals surface area contributed by atoms with Crippen LogP contribution in [-0.2, 0) is 25.0 Å². The van der Waals surface area contributed by atoms with E-state index in [1.54, 1.807) is 50.6 Å². The van der Waals surface area contributed by atoms with Crippen molar-refractivity contribution in [2.45, 2.75) is 13.2 Å². The van der Waals surface area contributed by atoms with Gasteiger partial charge in [0.2, 0.25) is 5.91 Å². The van der Waals surface area contributed by atoms with Gasteiger partial charge in [-0.3, -0.25) is 19.1 Å². The van der Waals surface area contributed by atoms with Crippen LogP contribution in [0.5, 0.6) is 5.75 Å². The van der Waals surface area contributed by atoms with Crippen LogP contribution in [-0.4, -0.2) is 71.3 Å².